The topological polar surface area (TPSA) is 71.0 Å². The first-order valence-corrected chi connectivity index (χ1v) is 8.41. The van der Waals surface area contributed by atoms with E-state index < -0.39 is 11.9 Å². The number of carbonyl (C=O) groups is 1. The summed E-state index contributed by atoms with van der Waals surface area (Å²) in [5.41, 5.74) is 0.166. The van der Waals surface area contributed by atoms with Crippen molar-refractivity contribution in [3.8, 4) is 0 Å². The molecular formula is C18H18F3N5O. The molecule has 27 heavy (non-hydrogen) atoms. The monoisotopic (exact) mass is 377 g/mol. The molecule has 3 rings (SSSR count). The standard InChI is InChI=1S/C18H18F3N5O/c1-2-15(27)26-9-5-12(6-10-26)16-17(23-8-7-22-16)25-13-3-4-14(24-11-13)18(19,20)21/h2-4,7-8,11-12H,1,5-6,9-10H2,(H,23,25). The molecule has 0 spiro atoms. The lowest BCUT2D eigenvalue weighted by molar-refractivity contribution is -0.141. The van der Waals surface area contributed by atoms with Crippen LogP contribution in [-0.4, -0.2) is 38.8 Å². The fourth-order valence-corrected chi connectivity index (χ4v) is 3.02. The first-order valence-electron chi connectivity index (χ1n) is 8.41. The third-order valence-corrected chi connectivity index (χ3v) is 4.41. The van der Waals surface area contributed by atoms with E-state index in [0.29, 0.717) is 24.6 Å². The fraction of sp³-hybridized carbons (Fsp3) is 0.333. The summed E-state index contributed by atoms with van der Waals surface area (Å²) in [6.07, 6.45) is 2.47. The molecule has 0 atom stereocenters. The number of nitrogens with one attached hydrogen (secondary N) is 1. The Kier molecular flexibility index (Phi) is 5.38. The smallest absolute Gasteiger partial charge is 0.339 e. The van der Waals surface area contributed by atoms with E-state index in [4.69, 9.17) is 0 Å². The molecule has 1 aliphatic rings. The number of halogens is 3. The van der Waals surface area contributed by atoms with Crippen LogP contribution >= 0.6 is 0 Å². The van der Waals surface area contributed by atoms with Gasteiger partial charge in [-0.1, -0.05) is 6.58 Å². The largest absolute Gasteiger partial charge is 0.433 e. The highest BCUT2D eigenvalue weighted by atomic mass is 19.4. The zero-order valence-corrected chi connectivity index (χ0v) is 14.4. The average molecular weight is 377 g/mol. The molecule has 0 radical (unpaired) electrons. The number of pyridine rings is 1. The Balaban J connectivity index is 1.73. The minimum absolute atomic E-state index is 0.0949. The summed E-state index contributed by atoms with van der Waals surface area (Å²) in [7, 11) is 0. The Morgan fingerprint density at radius 3 is 2.48 bits per heavy atom. The maximum atomic E-state index is 12.6. The van der Waals surface area contributed by atoms with E-state index >= 15 is 0 Å². The second kappa shape index (κ2) is 7.73. The van der Waals surface area contributed by atoms with Gasteiger partial charge in [-0.3, -0.25) is 9.78 Å². The number of likely N-dealkylation sites (tertiary alicyclic amines) is 1. The van der Waals surface area contributed by atoms with Crippen LogP contribution in [0.15, 0.2) is 43.4 Å². The molecule has 1 saturated heterocycles. The Bertz CT molecular complexity index is 814. The van der Waals surface area contributed by atoms with Gasteiger partial charge in [0.15, 0.2) is 5.82 Å². The van der Waals surface area contributed by atoms with E-state index in [-0.39, 0.29) is 11.8 Å². The molecule has 0 unspecified atom stereocenters. The molecule has 2 aromatic rings. The highest BCUT2D eigenvalue weighted by molar-refractivity contribution is 5.87. The van der Waals surface area contributed by atoms with Crippen LogP contribution in [0.5, 0.6) is 0 Å². The van der Waals surface area contributed by atoms with Crippen molar-refractivity contribution in [1.29, 1.82) is 0 Å². The Hall–Kier alpha value is -2.97. The van der Waals surface area contributed by atoms with Crippen molar-refractivity contribution >= 4 is 17.4 Å². The third-order valence-electron chi connectivity index (χ3n) is 4.41. The lowest BCUT2D eigenvalue weighted by Gasteiger charge is -2.31. The van der Waals surface area contributed by atoms with Gasteiger partial charge in [-0.25, -0.2) is 9.97 Å². The van der Waals surface area contributed by atoms with E-state index in [1.54, 1.807) is 11.1 Å². The minimum atomic E-state index is -4.48. The first-order chi connectivity index (χ1) is 12.9. The van der Waals surface area contributed by atoms with E-state index in [2.05, 4.69) is 26.8 Å². The molecule has 3 heterocycles. The van der Waals surface area contributed by atoms with Gasteiger partial charge in [-0.2, -0.15) is 13.2 Å². The molecule has 6 nitrogen and oxygen atoms in total. The van der Waals surface area contributed by atoms with Crippen LogP contribution in [0.1, 0.15) is 30.1 Å². The highest BCUT2D eigenvalue weighted by Crippen LogP contribution is 2.32. The van der Waals surface area contributed by atoms with Crippen LogP contribution in [0.25, 0.3) is 0 Å². The van der Waals surface area contributed by atoms with Gasteiger partial charge in [-0.05, 0) is 31.1 Å². The molecule has 0 aromatic carbocycles. The molecule has 142 valence electrons. The number of rotatable bonds is 4. The molecule has 9 heteroatoms. The molecule has 0 aliphatic carbocycles. The van der Waals surface area contributed by atoms with Crippen LogP contribution in [0.4, 0.5) is 24.7 Å². The van der Waals surface area contributed by atoms with Gasteiger partial charge in [0.2, 0.25) is 5.91 Å². The lowest BCUT2D eigenvalue weighted by Crippen LogP contribution is -2.37. The number of carbonyl (C=O) groups excluding carboxylic acids is 1. The number of piperidine rings is 1. The predicted octanol–water partition coefficient (Wildman–Crippen LogP) is 3.53. The Labute approximate surface area is 154 Å². The van der Waals surface area contributed by atoms with Crippen molar-refractivity contribution < 1.29 is 18.0 Å². The second-order valence-electron chi connectivity index (χ2n) is 6.15. The van der Waals surface area contributed by atoms with E-state index in [0.717, 1.165) is 30.8 Å². The summed E-state index contributed by atoms with van der Waals surface area (Å²) >= 11 is 0. The Morgan fingerprint density at radius 2 is 1.89 bits per heavy atom. The molecule has 1 N–H and O–H groups in total. The first kappa shape index (κ1) is 18.8. The van der Waals surface area contributed by atoms with Crippen LogP contribution in [-0.2, 0) is 11.0 Å². The number of hydrogen-bond acceptors (Lipinski definition) is 5. The second-order valence-corrected chi connectivity index (χ2v) is 6.15. The summed E-state index contributed by atoms with van der Waals surface area (Å²) in [6.45, 7) is 4.68. The van der Waals surface area contributed by atoms with E-state index in [9.17, 15) is 18.0 Å². The molecular weight excluding hydrogens is 359 g/mol. The SMILES string of the molecule is C=CC(=O)N1CCC(c2nccnc2Nc2ccc(C(F)(F)F)nc2)CC1. The van der Waals surface area contributed by atoms with Crippen molar-refractivity contribution in [3.63, 3.8) is 0 Å². The van der Waals surface area contributed by atoms with Crippen molar-refractivity contribution in [2.45, 2.75) is 24.9 Å². The van der Waals surface area contributed by atoms with E-state index in [1.807, 2.05) is 0 Å². The molecule has 0 saturated carbocycles. The summed E-state index contributed by atoms with van der Waals surface area (Å²) in [5, 5.41) is 2.99. The normalized spacial score (nSPS) is 15.4. The molecule has 2 aromatic heterocycles. The van der Waals surface area contributed by atoms with Crippen molar-refractivity contribution in [1.82, 2.24) is 19.9 Å². The van der Waals surface area contributed by atoms with Crippen molar-refractivity contribution in [3.05, 3.63) is 54.8 Å². The fourth-order valence-electron chi connectivity index (χ4n) is 3.02. The Morgan fingerprint density at radius 1 is 1.19 bits per heavy atom. The lowest BCUT2D eigenvalue weighted by atomic mass is 9.93. The number of alkyl halides is 3. The van der Waals surface area contributed by atoms with Crippen molar-refractivity contribution in [2.75, 3.05) is 18.4 Å². The quantitative estimate of drug-likeness (QED) is 0.826. The van der Waals surface area contributed by atoms with E-state index in [1.165, 1.54) is 18.3 Å². The summed E-state index contributed by atoms with van der Waals surface area (Å²) in [5.74, 6) is 0.479. The van der Waals surface area contributed by atoms with Crippen molar-refractivity contribution in [2.24, 2.45) is 0 Å². The van der Waals surface area contributed by atoms with Gasteiger partial charge in [0.05, 0.1) is 17.6 Å². The van der Waals surface area contributed by atoms with Gasteiger partial charge in [0.1, 0.15) is 5.69 Å². The van der Waals surface area contributed by atoms with Crippen LogP contribution < -0.4 is 5.32 Å². The number of amides is 1. The average Bonchev–Trinajstić information content (AvgIpc) is 2.68. The third kappa shape index (κ3) is 4.42. The van der Waals surface area contributed by atoms with Gasteiger partial charge in [0, 0.05) is 31.4 Å². The molecule has 1 aliphatic heterocycles. The summed E-state index contributed by atoms with van der Waals surface area (Å²) < 4.78 is 37.9. The predicted molar refractivity (Wildman–Crippen MR) is 93.3 cm³/mol. The van der Waals surface area contributed by atoms with Crippen LogP contribution in [0, 0.1) is 0 Å². The summed E-state index contributed by atoms with van der Waals surface area (Å²) in [6, 6.07) is 2.22. The number of hydrogen-bond donors (Lipinski definition) is 1. The zero-order valence-electron chi connectivity index (χ0n) is 14.4. The molecule has 0 bridgehead atoms. The molecule has 1 fully saturated rings. The van der Waals surface area contributed by atoms with Gasteiger partial charge in [-0.15, -0.1) is 0 Å². The number of nitrogens with zero attached hydrogens (tertiary/aromatic N) is 4. The molecule has 1 amide bonds. The maximum Gasteiger partial charge on any atom is 0.433 e. The van der Waals surface area contributed by atoms with Gasteiger partial charge in [0.25, 0.3) is 0 Å². The highest BCUT2D eigenvalue weighted by Gasteiger charge is 2.32. The zero-order chi connectivity index (χ0) is 19.4. The van der Waals surface area contributed by atoms with Gasteiger partial charge >= 0.3 is 6.18 Å². The minimum Gasteiger partial charge on any atom is -0.339 e. The maximum absolute atomic E-state index is 12.6. The number of anilines is 2. The summed E-state index contributed by atoms with van der Waals surface area (Å²) in [4.78, 5) is 25.5. The van der Waals surface area contributed by atoms with Crippen LogP contribution in [0.3, 0.4) is 0 Å². The van der Waals surface area contributed by atoms with Crippen LogP contribution in [0.2, 0.25) is 0 Å². The van der Waals surface area contributed by atoms with Gasteiger partial charge < -0.3 is 10.2 Å². The number of aromatic nitrogens is 3.